The Morgan fingerprint density at radius 2 is 1.55 bits per heavy atom. The van der Waals surface area contributed by atoms with Crippen molar-refractivity contribution in [3.8, 4) is 11.8 Å². The Hall–Kier alpha value is -2.26. The van der Waals surface area contributed by atoms with Crippen LogP contribution in [-0.4, -0.2) is 0 Å². The molecule has 98 valence electrons. The molecule has 0 radical (unpaired) electrons. The van der Waals surface area contributed by atoms with Crippen LogP contribution in [-0.2, 0) is 0 Å². The second-order valence-electron chi connectivity index (χ2n) is 5.16. The first-order valence-corrected chi connectivity index (χ1v) is 7.29. The van der Waals surface area contributed by atoms with E-state index in [1.54, 1.807) is 0 Å². The van der Waals surface area contributed by atoms with Crippen molar-refractivity contribution in [1.82, 2.24) is 0 Å². The van der Waals surface area contributed by atoms with Crippen molar-refractivity contribution in [1.29, 1.82) is 0 Å². The molecule has 0 aromatic heterocycles. The fourth-order valence-electron chi connectivity index (χ4n) is 2.58. The molecule has 2 aromatic carbocycles. The summed E-state index contributed by atoms with van der Waals surface area (Å²) in [5, 5.41) is 0. The van der Waals surface area contributed by atoms with E-state index >= 15 is 0 Å². The molecule has 0 spiro atoms. The second kappa shape index (κ2) is 5.80. The zero-order chi connectivity index (χ0) is 13.8. The van der Waals surface area contributed by atoms with E-state index in [0.29, 0.717) is 0 Å². The summed E-state index contributed by atoms with van der Waals surface area (Å²) in [5.74, 6) is 6.64. The molecule has 0 saturated carbocycles. The monoisotopic (exact) mass is 258 g/mol. The van der Waals surface area contributed by atoms with E-state index in [2.05, 4.69) is 73.4 Å². The maximum Gasteiger partial charge on any atom is 0.0324 e. The number of unbranched alkanes of at least 4 members (excludes halogenated alkanes) is 1. The van der Waals surface area contributed by atoms with Crippen molar-refractivity contribution in [3.05, 3.63) is 70.8 Å². The minimum atomic E-state index is 1.11. The number of allylic oxidation sites excluding steroid dienone is 1. The van der Waals surface area contributed by atoms with Crippen LogP contribution in [0.15, 0.2) is 48.5 Å². The molecule has 1 aliphatic carbocycles. The molecule has 0 amide bonds. The average molecular weight is 258 g/mol. The van der Waals surface area contributed by atoms with Gasteiger partial charge in [0, 0.05) is 11.1 Å². The third kappa shape index (κ3) is 2.53. The van der Waals surface area contributed by atoms with Crippen LogP contribution in [0.4, 0.5) is 0 Å². The summed E-state index contributed by atoms with van der Waals surface area (Å²) in [4.78, 5) is 0. The van der Waals surface area contributed by atoms with Gasteiger partial charge < -0.3 is 0 Å². The zero-order valence-electron chi connectivity index (χ0n) is 11.8. The van der Waals surface area contributed by atoms with E-state index < -0.39 is 0 Å². The SMILES string of the molecule is CCCC/C1=C/c2ccccc2C#Cc2ccccc21. The van der Waals surface area contributed by atoms with Crippen molar-refractivity contribution in [2.75, 3.05) is 0 Å². The fourth-order valence-corrected chi connectivity index (χ4v) is 2.58. The van der Waals surface area contributed by atoms with Crippen LogP contribution in [0.5, 0.6) is 0 Å². The zero-order valence-corrected chi connectivity index (χ0v) is 11.8. The lowest BCUT2D eigenvalue weighted by Gasteiger charge is -2.13. The van der Waals surface area contributed by atoms with Crippen LogP contribution >= 0.6 is 0 Å². The van der Waals surface area contributed by atoms with E-state index in [0.717, 1.165) is 17.5 Å². The molecule has 0 fully saturated rings. The van der Waals surface area contributed by atoms with Gasteiger partial charge in [0.15, 0.2) is 0 Å². The number of fused-ring (bicyclic) bond motifs is 2. The third-order valence-corrected chi connectivity index (χ3v) is 3.70. The van der Waals surface area contributed by atoms with Gasteiger partial charge in [0.2, 0.25) is 0 Å². The minimum Gasteiger partial charge on any atom is -0.0654 e. The molecule has 0 aliphatic heterocycles. The van der Waals surface area contributed by atoms with Gasteiger partial charge in [0.05, 0.1) is 0 Å². The number of hydrogen-bond donors (Lipinski definition) is 0. The number of rotatable bonds is 3. The largest absolute Gasteiger partial charge is 0.0654 e. The molecule has 0 nitrogen and oxygen atoms in total. The molecular formula is C20H18. The summed E-state index contributed by atoms with van der Waals surface area (Å²) >= 11 is 0. The van der Waals surface area contributed by atoms with Crippen molar-refractivity contribution >= 4 is 11.6 Å². The Morgan fingerprint density at radius 3 is 2.40 bits per heavy atom. The van der Waals surface area contributed by atoms with Crippen LogP contribution in [0.25, 0.3) is 11.6 Å². The molecule has 1 aliphatic rings. The standard InChI is InChI=1S/C20H18/c1-2-3-8-19-15-18-11-5-4-9-16(18)13-14-17-10-6-7-12-20(17)19/h4-7,9-12,15H,2-3,8H2,1H3/b18-15?,19-15-,20-19?. The maximum atomic E-state index is 3.34. The van der Waals surface area contributed by atoms with Crippen molar-refractivity contribution in [3.63, 3.8) is 0 Å². The fraction of sp³-hybridized carbons (Fsp3) is 0.200. The molecule has 20 heavy (non-hydrogen) atoms. The summed E-state index contributed by atoms with van der Waals surface area (Å²) in [5.41, 5.74) is 6.20. The van der Waals surface area contributed by atoms with E-state index in [1.165, 1.54) is 29.5 Å². The molecule has 0 unspecified atom stereocenters. The van der Waals surface area contributed by atoms with Gasteiger partial charge in [-0.05, 0) is 47.8 Å². The van der Waals surface area contributed by atoms with Gasteiger partial charge in [-0.3, -0.25) is 0 Å². The first-order valence-electron chi connectivity index (χ1n) is 7.29. The lowest BCUT2D eigenvalue weighted by molar-refractivity contribution is 0.825. The Balaban J connectivity index is 2.17. The van der Waals surface area contributed by atoms with Crippen LogP contribution < -0.4 is 0 Å². The van der Waals surface area contributed by atoms with Gasteiger partial charge in [-0.15, -0.1) is 0 Å². The summed E-state index contributed by atoms with van der Waals surface area (Å²) < 4.78 is 0. The van der Waals surface area contributed by atoms with Crippen LogP contribution in [0, 0.1) is 11.8 Å². The van der Waals surface area contributed by atoms with Crippen LogP contribution in [0.1, 0.15) is 48.4 Å². The van der Waals surface area contributed by atoms with Crippen LogP contribution in [0.2, 0.25) is 0 Å². The van der Waals surface area contributed by atoms with Crippen molar-refractivity contribution < 1.29 is 0 Å². The molecule has 0 heteroatoms. The molecule has 0 saturated heterocycles. The molecule has 0 N–H and O–H groups in total. The van der Waals surface area contributed by atoms with Gasteiger partial charge >= 0.3 is 0 Å². The maximum absolute atomic E-state index is 3.34. The summed E-state index contributed by atoms with van der Waals surface area (Å²) in [6, 6.07) is 16.9. The summed E-state index contributed by atoms with van der Waals surface area (Å²) in [7, 11) is 0. The Labute approximate surface area is 121 Å². The van der Waals surface area contributed by atoms with Gasteiger partial charge in [0.25, 0.3) is 0 Å². The smallest absolute Gasteiger partial charge is 0.0324 e. The Kier molecular flexibility index (Phi) is 3.70. The van der Waals surface area contributed by atoms with Gasteiger partial charge in [-0.2, -0.15) is 0 Å². The van der Waals surface area contributed by atoms with Gasteiger partial charge in [-0.25, -0.2) is 0 Å². The van der Waals surface area contributed by atoms with E-state index in [1.807, 2.05) is 0 Å². The topological polar surface area (TPSA) is 0 Å². The predicted molar refractivity (Wildman–Crippen MR) is 86.3 cm³/mol. The molecule has 0 atom stereocenters. The van der Waals surface area contributed by atoms with Crippen molar-refractivity contribution in [2.24, 2.45) is 0 Å². The average Bonchev–Trinajstić information content (AvgIpc) is 2.48. The number of hydrogen-bond acceptors (Lipinski definition) is 0. The molecule has 0 heterocycles. The predicted octanol–water partition coefficient (Wildman–Crippen LogP) is 5.13. The lowest BCUT2D eigenvalue weighted by Crippen LogP contribution is -1.94. The highest BCUT2D eigenvalue weighted by molar-refractivity contribution is 5.86. The highest BCUT2D eigenvalue weighted by Crippen LogP contribution is 2.28. The summed E-state index contributed by atoms with van der Waals surface area (Å²) in [6.07, 6.45) is 5.86. The molecule has 0 bridgehead atoms. The third-order valence-electron chi connectivity index (χ3n) is 3.70. The number of benzene rings is 2. The second-order valence-corrected chi connectivity index (χ2v) is 5.16. The highest BCUT2D eigenvalue weighted by atomic mass is 14.1. The molecule has 3 rings (SSSR count). The van der Waals surface area contributed by atoms with Gasteiger partial charge in [0.1, 0.15) is 0 Å². The first kappa shape index (κ1) is 12.8. The van der Waals surface area contributed by atoms with Crippen molar-refractivity contribution in [2.45, 2.75) is 26.2 Å². The molecule has 2 aromatic rings. The summed E-state index contributed by atoms with van der Waals surface area (Å²) in [6.45, 7) is 2.24. The van der Waals surface area contributed by atoms with Gasteiger partial charge in [-0.1, -0.05) is 61.6 Å². The van der Waals surface area contributed by atoms with E-state index in [-0.39, 0.29) is 0 Å². The molecular weight excluding hydrogens is 240 g/mol. The lowest BCUT2D eigenvalue weighted by atomic mass is 9.91. The highest BCUT2D eigenvalue weighted by Gasteiger charge is 2.09. The van der Waals surface area contributed by atoms with E-state index in [4.69, 9.17) is 0 Å². The quantitative estimate of drug-likeness (QED) is 0.669. The van der Waals surface area contributed by atoms with Crippen LogP contribution in [0.3, 0.4) is 0 Å². The first-order chi connectivity index (χ1) is 9.88. The normalized spacial score (nSPS) is 14.8. The Morgan fingerprint density at radius 1 is 0.850 bits per heavy atom. The minimum absolute atomic E-state index is 1.11. The van der Waals surface area contributed by atoms with E-state index in [9.17, 15) is 0 Å². The Bertz CT molecular complexity index is 708.